The van der Waals surface area contributed by atoms with Crippen LogP contribution in [0.25, 0.3) is 0 Å². The highest BCUT2D eigenvalue weighted by Crippen LogP contribution is 2.38. The van der Waals surface area contributed by atoms with Crippen LogP contribution in [0.2, 0.25) is 0 Å². The van der Waals surface area contributed by atoms with E-state index >= 15 is 0 Å². The van der Waals surface area contributed by atoms with Crippen LogP contribution in [0.5, 0.6) is 0 Å². The van der Waals surface area contributed by atoms with Crippen LogP contribution in [0.4, 0.5) is 4.39 Å². The van der Waals surface area contributed by atoms with Crippen molar-refractivity contribution in [3.63, 3.8) is 0 Å². The molecule has 1 heterocycles. The molecule has 0 saturated heterocycles. The molecular weight excluding hydrogens is 267 g/mol. The van der Waals surface area contributed by atoms with Gasteiger partial charge in [-0.1, -0.05) is 6.92 Å². The number of hydrogen-bond donors (Lipinski definition) is 0. The molecule has 96 valence electrons. The first-order valence-corrected chi connectivity index (χ1v) is 7.33. The van der Waals surface area contributed by atoms with E-state index in [-0.39, 0.29) is 11.2 Å². The summed E-state index contributed by atoms with van der Waals surface area (Å²) in [6.07, 6.45) is 0.974. The summed E-state index contributed by atoms with van der Waals surface area (Å²) in [5.41, 5.74) is 4.16. The normalized spacial score (nSPS) is 12.7. The third kappa shape index (κ3) is 2.45. The van der Waals surface area contributed by atoms with Crippen molar-refractivity contribution >= 4 is 22.9 Å². The quantitative estimate of drug-likeness (QED) is 0.662. The summed E-state index contributed by atoms with van der Waals surface area (Å²) in [6, 6.07) is 5.22. The van der Waals surface area contributed by atoms with E-state index in [1.54, 1.807) is 23.5 Å². The van der Waals surface area contributed by atoms with Crippen molar-refractivity contribution in [1.82, 2.24) is 0 Å². The molecule has 0 fully saturated rings. The highest BCUT2D eigenvalue weighted by atomic mass is 35.5. The molecule has 0 aliphatic carbocycles. The summed E-state index contributed by atoms with van der Waals surface area (Å²) in [5.74, 6) is -0.195. The molecule has 0 spiro atoms. The molecule has 0 amide bonds. The van der Waals surface area contributed by atoms with Gasteiger partial charge in [-0.05, 0) is 66.1 Å². The van der Waals surface area contributed by atoms with Crippen molar-refractivity contribution in [1.29, 1.82) is 0 Å². The molecule has 2 rings (SSSR count). The van der Waals surface area contributed by atoms with Crippen LogP contribution >= 0.6 is 22.9 Å². The Kier molecular flexibility index (Phi) is 4.08. The molecule has 1 aromatic heterocycles. The average molecular weight is 283 g/mol. The van der Waals surface area contributed by atoms with E-state index in [0.29, 0.717) is 0 Å². The maximum Gasteiger partial charge on any atom is 0.123 e. The Balaban J connectivity index is 2.49. The minimum Gasteiger partial charge on any atom is -0.207 e. The minimum absolute atomic E-state index is 0.180. The second-order valence-electron chi connectivity index (χ2n) is 4.48. The zero-order chi connectivity index (χ0) is 13.3. The maximum atomic E-state index is 13.3. The third-order valence-corrected chi connectivity index (χ3v) is 4.79. The van der Waals surface area contributed by atoms with Crippen LogP contribution < -0.4 is 0 Å². The maximum absolute atomic E-state index is 13.3. The second kappa shape index (κ2) is 5.41. The molecule has 3 heteroatoms. The van der Waals surface area contributed by atoms with E-state index in [0.717, 1.165) is 23.1 Å². The molecule has 0 N–H and O–H groups in total. The lowest BCUT2D eigenvalue weighted by Crippen LogP contribution is -2.01. The largest absolute Gasteiger partial charge is 0.207 e. The molecule has 0 saturated carbocycles. The van der Waals surface area contributed by atoms with Crippen molar-refractivity contribution in [3.05, 3.63) is 56.5 Å². The first-order chi connectivity index (χ1) is 8.54. The molecule has 0 aliphatic rings. The lowest BCUT2D eigenvalue weighted by atomic mass is 9.97. The fourth-order valence-electron chi connectivity index (χ4n) is 2.31. The highest BCUT2D eigenvalue weighted by molar-refractivity contribution is 7.10. The second-order valence-corrected chi connectivity index (χ2v) is 5.86. The van der Waals surface area contributed by atoms with Gasteiger partial charge >= 0.3 is 0 Å². The van der Waals surface area contributed by atoms with Crippen molar-refractivity contribution in [2.45, 2.75) is 32.6 Å². The molecule has 1 unspecified atom stereocenters. The Bertz CT molecular complexity index is 536. The molecule has 0 aliphatic heterocycles. The Hall–Kier alpha value is -0.860. The number of alkyl halides is 1. The fourth-order valence-corrected chi connectivity index (χ4v) is 3.93. The van der Waals surface area contributed by atoms with E-state index in [1.807, 2.05) is 13.8 Å². The van der Waals surface area contributed by atoms with E-state index < -0.39 is 0 Å². The summed E-state index contributed by atoms with van der Waals surface area (Å²) in [4.78, 5) is 1.18. The number of benzene rings is 1. The molecule has 18 heavy (non-hydrogen) atoms. The van der Waals surface area contributed by atoms with E-state index in [4.69, 9.17) is 11.6 Å². The molecule has 1 aromatic carbocycles. The van der Waals surface area contributed by atoms with Crippen LogP contribution in [-0.4, -0.2) is 0 Å². The number of rotatable bonds is 3. The van der Waals surface area contributed by atoms with Gasteiger partial charge in [-0.25, -0.2) is 4.39 Å². The smallest absolute Gasteiger partial charge is 0.123 e. The van der Waals surface area contributed by atoms with Crippen molar-refractivity contribution in [2.24, 2.45) is 0 Å². The lowest BCUT2D eigenvalue weighted by Gasteiger charge is -2.16. The van der Waals surface area contributed by atoms with E-state index in [1.165, 1.54) is 10.4 Å². The molecule has 0 bridgehead atoms. The predicted octanol–water partition coefficient (Wildman–Crippen LogP) is 5.39. The molecule has 0 nitrogen and oxygen atoms in total. The van der Waals surface area contributed by atoms with Gasteiger partial charge in [0.1, 0.15) is 5.82 Å². The summed E-state index contributed by atoms with van der Waals surface area (Å²) in [5, 5.41) is 1.89. The van der Waals surface area contributed by atoms with Crippen LogP contribution in [0.1, 0.15) is 39.4 Å². The minimum atomic E-state index is -0.195. The molecule has 2 aromatic rings. The fraction of sp³-hybridized carbons (Fsp3) is 0.333. The predicted molar refractivity (Wildman–Crippen MR) is 77.3 cm³/mol. The van der Waals surface area contributed by atoms with Crippen LogP contribution in [0.15, 0.2) is 23.6 Å². The van der Waals surface area contributed by atoms with E-state index in [9.17, 15) is 4.39 Å². The summed E-state index contributed by atoms with van der Waals surface area (Å²) in [6.45, 7) is 5.96. The Morgan fingerprint density at radius 1 is 1.28 bits per heavy atom. The van der Waals surface area contributed by atoms with Gasteiger partial charge in [-0.2, -0.15) is 0 Å². The first-order valence-electron chi connectivity index (χ1n) is 6.01. The van der Waals surface area contributed by atoms with Gasteiger partial charge in [0.15, 0.2) is 0 Å². The Morgan fingerprint density at radius 3 is 2.44 bits per heavy atom. The van der Waals surface area contributed by atoms with Crippen LogP contribution in [0.3, 0.4) is 0 Å². The van der Waals surface area contributed by atoms with Crippen molar-refractivity contribution < 1.29 is 4.39 Å². The average Bonchev–Trinajstić information content (AvgIpc) is 2.75. The molecule has 1 atom stereocenters. The third-order valence-electron chi connectivity index (χ3n) is 3.20. The Labute approximate surface area is 116 Å². The van der Waals surface area contributed by atoms with Crippen molar-refractivity contribution in [2.75, 3.05) is 0 Å². The highest BCUT2D eigenvalue weighted by Gasteiger charge is 2.20. The first kappa shape index (κ1) is 13.6. The van der Waals surface area contributed by atoms with Gasteiger partial charge in [-0.3, -0.25) is 0 Å². The topological polar surface area (TPSA) is 0 Å². The Morgan fingerprint density at radius 2 is 1.89 bits per heavy atom. The van der Waals surface area contributed by atoms with Gasteiger partial charge < -0.3 is 0 Å². The standard InChI is InChI=1S/C15H16ClFS/c1-4-11-5-6-18-15(11)14(16)13-9(2)7-12(17)8-10(13)3/h5-8,14H,4H2,1-3H3. The summed E-state index contributed by atoms with van der Waals surface area (Å²) >= 11 is 8.28. The van der Waals surface area contributed by atoms with Gasteiger partial charge in [0.2, 0.25) is 0 Å². The zero-order valence-corrected chi connectivity index (χ0v) is 12.3. The van der Waals surface area contributed by atoms with Gasteiger partial charge in [-0.15, -0.1) is 22.9 Å². The van der Waals surface area contributed by atoms with Crippen LogP contribution in [-0.2, 0) is 6.42 Å². The lowest BCUT2D eigenvalue weighted by molar-refractivity contribution is 0.624. The van der Waals surface area contributed by atoms with Gasteiger partial charge in [0.05, 0.1) is 5.38 Å². The van der Waals surface area contributed by atoms with Crippen LogP contribution in [0, 0.1) is 19.7 Å². The summed E-state index contributed by atoms with van der Waals surface area (Å²) < 4.78 is 13.3. The molecule has 0 radical (unpaired) electrons. The molecular formula is C15H16ClFS. The number of hydrogen-bond acceptors (Lipinski definition) is 1. The number of aryl methyl sites for hydroxylation is 3. The SMILES string of the molecule is CCc1ccsc1C(Cl)c1c(C)cc(F)cc1C. The number of halogens is 2. The van der Waals surface area contributed by atoms with Gasteiger partial charge in [0, 0.05) is 4.88 Å². The summed E-state index contributed by atoms with van der Waals surface area (Å²) in [7, 11) is 0. The number of thiophene rings is 1. The van der Waals surface area contributed by atoms with E-state index in [2.05, 4.69) is 18.4 Å². The monoisotopic (exact) mass is 282 g/mol. The van der Waals surface area contributed by atoms with Gasteiger partial charge in [0.25, 0.3) is 0 Å². The van der Waals surface area contributed by atoms with Crippen molar-refractivity contribution in [3.8, 4) is 0 Å². The zero-order valence-electron chi connectivity index (χ0n) is 10.8.